The van der Waals surface area contributed by atoms with E-state index in [2.05, 4.69) is 5.32 Å². The summed E-state index contributed by atoms with van der Waals surface area (Å²) in [5.74, 6) is 0.771. The van der Waals surface area contributed by atoms with Crippen molar-refractivity contribution in [1.29, 1.82) is 0 Å². The number of nitrogens with zero attached hydrogens (tertiary/aromatic N) is 2. The third-order valence-corrected chi connectivity index (χ3v) is 3.82. The standard InChI is InChI=1S/C13H16FN3O4.2ClH/c14-7-11(16-3-1-15-2-4-16)9-5-12-13(21-8-20-12)6-10(9)17(18)19;;/h5-6,11,15H,1-4,7-8H2;2*1H/t11-;;/m1../s1. The molecule has 0 amide bonds. The molecule has 0 bridgehead atoms. The second kappa shape index (κ2) is 8.49. The van der Waals surface area contributed by atoms with Gasteiger partial charge in [-0.3, -0.25) is 15.0 Å². The molecule has 0 aliphatic carbocycles. The summed E-state index contributed by atoms with van der Waals surface area (Å²) in [6, 6.07) is 2.22. The summed E-state index contributed by atoms with van der Waals surface area (Å²) >= 11 is 0. The maximum absolute atomic E-state index is 13.6. The molecular formula is C13H18Cl2FN3O4. The van der Waals surface area contributed by atoms with Gasteiger partial charge in [0.2, 0.25) is 6.79 Å². The van der Waals surface area contributed by atoms with Crippen molar-refractivity contribution in [2.24, 2.45) is 0 Å². The molecule has 130 valence electrons. The monoisotopic (exact) mass is 369 g/mol. The SMILES string of the molecule is Cl.Cl.O=[N+]([O-])c1cc2c(cc1[C@@H](CF)N1CCNCC1)OCO2. The summed E-state index contributed by atoms with van der Waals surface area (Å²) in [5.41, 5.74) is 0.217. The van der Waals surface area contributed by atoms with Crippen molar-refractivity contribution >= 4 is 30.5 Å². The lowest BCUT2D eigenvalue weighted by Crippen LogP contribution is -2.45. The van der Waals surface area contributed by atoms with Gasteiger partial charge in [0, 0.05) is 26.2 Å². The van der Waals surface area contributed by atoms with Crippen LogP contribution in [0.2, 0.25) is 0 Å². The van der Waals surface area contributed by atoms with Crippen molar-refractivity contribution in [1.82, 2.24) is 10.2 Å². The lowest BCUT2D eigenvalue weighted by Gasteiger charge is -2.33. The third-order valence-electron chi connectivity index (χ3n) is 3.82. The first-order valence-corrected chi connectivity index (χ1v) is 6.79. The maximum atomic E-state index is 13.6. The smallest absolute Gasteiger partial charge is 0.278 e. The van der Waals surface area contributed by atoms with Crippen molar-refractivity contribution in [3.05, 3.63) is 27.8 Å². The second-order valence-corrected chi connectivity index (χ2v) is 4.98. The van der Waals surface area contributed by atoms with Crippen LogP contribution in [0.4, 0.5) is 10.1 Å². The van der Waals surface area contributed by atoms with Gasteiger partial charge >= 0.3 is 0 Å². The fraction of sp³-hybridized carbons (Fsp3) is 0.538. The second-order valence-electron chi connectivity index (χ2n) is 4.98. The van der Waals surface area contributed by atoms with Crippen molar-refractivity contribution in [3.8, 4) is 11.5 Å². The van der Waals surface area contributed by atoms with E-state index in [0.717, 1.165) is 13.1 Å². The number of hydrogen-bond donors (Lipinski definition) is 1. The summed E-state index contributed by atoms with van der Waals surface area (Å²) in [6.07, 6.45) is 0. The van der Waals surface area contributed by atoms with E-state index in [4.69, 9.17) is 9.47 Å². The zero-order chi connectivity index (χ0) is 14.8. The number of fused-ring (bicyclic) bond motifs is 1. The van der Waals surface area contributed by atoms with E-state index in [1.807, 2.05) is 4.90 Å². The molecule has 1 aromatic carbocycles. The maximum Gasteiger partial charge on any atom is 0.278 e. The number of ether oxygens (including phenoxy) is 2. The fourth-order valence-electron chi connectivity index (χ4n) is 2.74. The molecular weight excluding hydrogens is 352 g/mol. The molecule has 1 fully saturated rings. The van der Waals surface area contributed by atoms with Crippen LogP contribution >= 0.6 is 24.8 Å². The third kappa shape index (κ3) is 3.95. The Hall–Kier alpha value is -1.35. The minimum absolute atomic E-state index is 0. The minimum Gasteiger partial charge on any atom is -0.454 e. The van der Waals surface area contributed by atoms with Crippen LogP contribution in [0.15, 0.2) is 12.1 Å². The molecule has 1 aromatic rings. The van der Waals surface area contributed by atoms with Gasteiger partial charge in [-0.1, -0.05) is 0 Å². The number of nitro benzene ring substituents is 1. The number of alkyl halides is 1. The normalized spacial score (nSPS) is 17.8. The molecule has 2 aliphatic rings. The molecule has 1 N–H and O–H groups in total. The van der Waals surface area contributed by atoms with E-state index < -0.39 is 17.6 Å². The molecule has 0 saturated carbocycles. The molecule has 2 aliphatic heterocycles. The van der Waals surface area contributed by atoms with Gasteiger partial charge in [0.15, 0.2) is 11.5 Å². The van der Waals surface area contributed by atoms with Crippen LogP contribution in [-0.4, -0.2) is 49.5 Å². The number of rotatable bonds is 4. The zero-order valence-corrected chi connectivity index (χ0v) is 13.8. The highest BCUT2D eigenvalue weighted by Crippen LogP contribution is 2.41. The number of nitro groups is 1. The first-order chi connectivity index (χ1) is 10.2. The molecule has 1 saturated heterocycles. The Morgan fingerprint density at radius 3 is 2.43 bits per heavy atom. The van der Waals surface area contributed by atoms with E-state index in [9.17, 15) is 14.5 Å². The van der Waals surface area contributed by atoms with Crippen LogP contribution in [0, 0.1) is 10.1 Å². The zero-order valence-electron chi connectivity index (χ0n) is 12.2. The number of benzene rings is 1. The predicted octanol–water partition coefficient (Wildman–Crippen LogP) is 2.08. The van der Waals surface area contributed by atoms with Gasteiger partial charge in [0.1, 0.15) is 6.67 Å². The van der Waals surface area contributed by atoms with Gasteiger partial charge in [0.25, 0.3) is 5.69 Å². The van der Waals surface area contributed by atoms with Crippen molar-refractivity contribution in [2.45, 2.75) is 6.04 Å². The van der Waals surface area contributed by atoms with E-state index in [1.165, 1.54) is 12.1 Å². The van der Waals surface area contributed by atoms with Crippen molar-refractivity contribution in [3.63, 3.8) is 0 Å². The fourth-order valence-corrected chi connectivity index (χ4v) is 2.74. The molecule has 0 aromatic heterocycles. The highest BCUT2D eigenvalue weighted by Gasteiger charge is 2.31. The van der Waals surface area contributed by atoms with Gasteiger partial charge in [-0.25, -0.2) is 4.39 Å². The average molecular weight is 370 g/mol. The molecule has 23 heavy (non-hydrogen) atoms. The lowest BCUT2D eigenvalue weighted by atomic mass is 10.0. The highest BCUT2D eigenvalue weighted by molar-refractivity contribution is 5.85. The van der Waals surface area contributed by atoms with Crippen LogP contribution in [0.1, 0.15) is 11.6 Å². The Bertz CT molecular complexity index is 558. The van der Waals surface area contributed by atoms with E-state index in [1.54, 1.807) is 0 Å². The highest BCUT2D eigenvalue weighted by atomic mass is 35.5. The minimum atomic E-state index is -0.680. The topological polar surface area (TPSA) is 76.9 Å². The Morgan fingerprint density at radius 2 is 1.87 bits per heavy atom. The van der Waals surface area contributed by atoms with Crippen LogP contribution in [0.5, 0.6) is 11.5 Å². The number of hydrogen-bond acceptors (Lipinski definition) is 6. The van der Waals surface area contributed by atoms with E-state index >= 15 is 0 Å². The van der Waals surface area contributed by atoms with Gasteiger partial charge in [0.05, 0.1) is 22.6 Å². The summed E-state index contributed by atoms with van der Waals surface area (Å²) in [7, 11) is 0. The van der Waals surface area contributed by atoms with Crippen LogP contribution in [-0.2, 0) is 0 Å². The van der Waals surface area contributed by atoms with Crippen LogP contribution in [0.25, 0.3) is 0 Å². The van der Waals surface area contributed by atoms with Crippen LogP contribution < -0.4 is 14.8 Å². The molecule has 0 spiro atoms. The summed E-state index contributed by atoms with van der Waals surface area (Å²) in [6.45, 7) is 2.15. The first-order valence-electron chi connectivity index (χ1n) is 6.79. The van der Waals surface area contributed by atoms with Crippen LogP contribution in [0.3, 0.4) is 0 Å². The molecule has 7 nitrogen and oxygen atoms in total. The largest absolute Gasteiger partial charge is 0.454 e. The summed E-state index contributed by atoms with van der Waals surface area (Å²) in [5, 5.41) is 14.5. The molecule has 10 heteroatoms. The van der Waals surface area contributed by atoms with Gasteiger partial charge in [-0.15, -0.1) is 24.8 Å². The average Bonchev–Trinajstić information content (AvgIpc) is 2.95. The Kier molecular flexibility index (Phi) is 7.27. The molecule has 0 unspecified atom stereocenters. The number of halogens is 3. The number of piperazine rings is 1. The van der Waals surface area contributed by atoms with Crippen molar-refractivity contribution < 1.29 is 18.8 Å². The Labute approximate surface area is 145 Å². The predicted molar refractivity (Wildman–Crippen MR) is 86.9 cm³/mol. The van der Waals surface area contributed by atoms with E-state index in [0.29, 0.717) is 30.2 Å². The van der Waals surface area contributed by atoms with Gasteiger partial charge in [-0.2, -0.15) is 0 Å². The Morgan fingerprint density at radius 1 is 1.26 bits per heavy atom. The quantitative estimate of drug-likeness (QED) is 0.646. The molecule has 3 rings (SSSR count). The van der Waals surface area contributed by atoms with E-state index in [-0.39, 0.29) is 37.3 Å². The van der Waals surface area contributed by atoms with Gasteiger partial charge in [-0.05, 0) is 6.07 Å². The molecule has 1 atom stereocenters. The van der Waals surface area contributed by atoms with Gasteiger partial charge < -0.3 is 14.8 Å². The molecule has 0 radical (unpaired) electrons. The summed E-state index contributed by atoms with van der Waals surface area (Å²) in [4.78, 5) is 12.7. The lowest BCUT2D eigenvalue weighted by molar-refractivity contribution is -0.386. The first kappa shape index (κ1) is 19.7. The molecule has 2 heterocycles. The number of nitrogens with one attached hydrogen (secondary N) is 1. The summed E-state index contributed by atoms with van der Waals surface area (Å²) < 4.78 is 24.0. The van der Waals surface area contributed by atoms with Crippen molar-refractivity contribution in [2.75, 3.05) is 39.6 Å². The Balaban J connectivity index is 0.00000132.